The van der Waals surface area contributed by atoms with Crippen LogP contribution in [0.15, 0.2) is 18.2 Å². The van der Waals surface area contributed by atoms with Gasteiger partial charge in [0.05, 0.1) is 17.8 Å². The van der Waals surface area contributed by atoms with Crippen molar-refractivity contribution in [3.05, 3.63) is 33.9 Å². The van der Waals surface area contributed by atoms with E-state index in [1.54, 1.807) is 17.4 Å². The summed E-state index contributed by atoms with van der Waals surface area (Å²) in [4.78, 5) is 5.63. The average molecular weight is 280 g/mol. The van der Waals surface area contributed by atoms with Crippen LogP contribution in [0.25, 0.3) is 11.3 Å². The van der Waals surface area contributed by atoms with E-state index in [2.05, 4.69) is 17.2 Å². The highest BCUT2D eigenvalue weighted by molar-refractivity contribution is 7.12. The molecule has 1 heterocycles. The van der Waals surface area contributed by atoms with Crippen LogP contribution < -0.4 is 10.1 Å². The number of hydrogen-bond donors (Lipinski definition) is 1. The van der Waals surface area contributed by atoms with E-state index in [1.807, 2.05) is 20.0 Å². The van der Waals surface area contributed by atoms with Crippen LogP contribution in [-0.2, 0) is 0 Å². The number of ether oxygens (including phenoxy) is 1. The van der Waals surface area contributed by atoms with Crippen LogP contribution in [0.1, 0.15) is 22.9 Å². The molecule has 19 heavy (non-hydrogen) atoms. The van der Waals surface area contributed by atoms with E-state index in [-0.39, 0.29) is 17.6 Å². The molecule has 0 aliphatic heterocycles. The lowest BCUT2D eigenvalue weighted by Gasteiger charge is -2.10. The number of nitrogens with zero attached hydrogens (tertiary/aromatic N) is 1. The summed E-state index contributed by atoms with van der Waals surface area (Å²) in [6, 6.07) is 5.13. The Kier molecular flexibility index (Phi) is 4.17. The predicted octanol–water partition coefficient (Wildman–Crippen LogP) is 3.55. The molecule has 2 aromatic rings. The molecule has 3 nitrogen and oxygen atoms in total. The Labute approximate surface area is 116 Å². The molecule has 0 amide bonds. The number of halogens is 1. The minimum atomic E-state index is -0.367. The van der Waals surface area contributed by atoms with Crippen molar-refractivity contribution in [1.29, 1.82) is 0 Å². The van der Waals surface area contributed by atoms with Gasteiger partial charge in [0.25, 0.3) is 0 Å². The van der Waals surface area contributed by atoms with Crippen LogP contribution in [0.4, 0.5) is 4.39 Å². The maximum Gasteiger partial charge on any atom is 0.165 e. The van der Waals surface area contributed by atoms with Gasteiger partial charge < -0.3 is 10.1 Å². The monoisotopic (exact) mass is 280 g/mol. The number of hydrogen-bond acceptors (Lipinski definition) is 4. The van der Waals surface area contributed by atoms with E-state index >= 15 is 0 Å². The van der Waals surface area contributed by atoms with Crippen molar-refractivity contribution in [3.63, 3.8) is 0 Å². The first kappa shape index (κ1) is 14.0. The maximum atomic E-state index is 13.8. The summed E-state index contributed by atoms with van der Waals surface area (Å²) in [6.45, 7) is 4.02. The summed E-state index contributed by atoms with van der Waals surface area (Å²) in [5.41, 5.74) is 1.62. The molecule has 1 N–H and O–H groups in total. The van der Waals surface area contributed by atoms with Crippen molar-refractivity contribution in [2.75, 3.05) is 14.2 Å². The number of methoxy groups -OCH3 is 1. The van der Waals surface area contributed by atoms with E-state index in [0.717, 1.165) is 21.1 Å². The van der Waals surface area contributed by atoms with E-state index < -0.39 is 0 Å². The first-order chi connectivity index (χ1) is 9.06. The van der Waals surface area contributed by atoms with Crippen LogP contribution in [-0.4, -0.2) is 19.1 Å². The number of rotatable bonds is 4. The Balaban J connectivity index is 2.49. The zero-order valence-corrected chi connectivity index (χ0v) is 12.3. The minimum absolute atomic E-state index is 0.186. The van der Waals surface area contributed by atoms with E-state index in [0.29, 0.717) is 0 Å². The number of aryl methyl sites for hydroxylation is 1. The molecule has 102 valence electrons. The largest absolute Gasteiger partial charge is 0.494 e. The molecule has 1 atom stereocenters. The fourth-order valence-electron chi connectivity index (χ4n) is 1.89. The highest BCUT2D eigenvalue weighted by atomic mass is 32.1. The van der Waals surface area contributed by atoms with Gasteiger partial charge in [0.2, 0.25) is 0 Å². The molecular formula is C14H17FN2OS. The third-order valence-electron chi connectivity index (χ3n) is 3.01. The summed E-state index contributed by atoms with van der Waals surface area (Å²) in [6.07, 6.45) is 0. The smallest absolute Gasteiger partial charge is 0.165 e. The number of thiazole rings is 1. The van der Waals surface area contributed by atoms with E-state index in [4.69, 9.17) is 4.74 Å². The summed E-state index contributed by atoms with van der Waals surface area (Å²) in [5.74, 6) is -0.118. The first-order valence-electron chi connectivity index (χ1n) is 6.05. The van der Waals surface area contributed by atoms with Crippen LogP contribution in [0.5, 0.6) is 5.75 Å². The van der Waals surface area contributed by atoms with Gasteiger partial charge in [-0.3, -0.25) is 0 Å². The van der Waals surface area contributed by atoms with E-state index in [9.17, 15) is 4.39 Å². The van der Waals surface area contributed by atoms with Crippen molar-refractivity contribution < 1.29 is 9.13 Å². The van der Waals surface area contributed by atoms with Gasteiger partial charge in [-0.05, 0) is 39.1 Å². The molecule has 0 radical (unpaired) electrons. The molecule has 0 aliphatic rings. The van der Waals surface area contributed by atoms with Gasteiger partial charge in [0, 0.05) is 16.5 Å². The maximum absolute atomic E-state index is 13.8. The van der Waals surface area contributed by atoms with Gasteiger partial charge in [0.15, 0.2) is 11.6 Å². The third kappa shape index (κ3) is 2.77. The molecule has 2 rings (SSSR count). The lowest BCUT2D eigenvalue weighted by molar-refractivity contribution is 0.386. The molecule has 0 saturated carbocycles. The zero-order chi connectivity index (χ0) is 14.0. The fraction of sp³-hybridized carbons (Fsp3) is 0.357. The third-order valence-corrected chi connectivity index (χ3v) is 4.17. The summed E-state index contributed by atoms with van der Waals surface area (Å²) in [5, 5.41) is 4.17. The second-order valence-corrected chi connectivity index (χ2v) is 5.54. The Hall–Kier alpha value is -1.46. The fourth-order valence-corrected chi connectivity index (χ4v) is 2.90. The van der Waals surface area contributed by atoms with Crippen molar-refractivity contribution in [3.8, 4) is 17.0 Å². The van der Waals surface area contributed by atoms with Crippen LogP contribution in [0.2, 0.25) is 0 Å². The van der Waals surface area contributed by atoms with E-state index in [1.165, 1.54) is 13.2 Å². The number of nitrogens with one attached hydrogen (secondary N) is 1. The van der Waals surface area contributed by atoms with Gasteiger partial charge in [0.1, 0.15) is 0 Å². The molecule has 0 bridgehead atoms. The van der Waals surface area contributed by atoms with Gasteiger partial charge in [-0.1, -0.05) is 0 Å². The number of aromatic nitrogens is 1. The summed E-state index contributed by atoms with van der Waals surface area (Å²) in [7, 11) is 3.36. The molecule has 0 aliphatic carbocycles. The van der Waals surface area contributed by atoms with Crippen LogP contribution in [0.3, 0.4) is 0 Å². The molecule has 0 spiro atoms. The lowest BCUT2D eigenvalue weighted by atomic mass is 10.1. The first-order valence-corrected chi connectivity index (χ1v) is 6.87. The Morgan fingerprint density at radius 2 is 2.16 bits per heavy atom. The predicted molar refractivity (Wildman–Crippen MR) is 76.3 cm³/mol. The second kappa shape index (κ2) is 5.67. The van der Waals surface area contributed by atoms with Crippen molar-refractivity contribution in [2.24, 2.45) is 0 Å². The van der Waals surface area contributed by atoms with Gasteiger partial charge in [-0.2, -0.15) is 0 Å². The van der Waals surface area contributed by atoms with Gasteiger partial charge in [-0.15, -0.1) is 11.3 Å². The Bertz CT molecular complexity index is 583. The molecule has 1 aromatic heterocycles. The van der Waals surface area contributed by atoms with Gasteiger partial charge >= 0.3 is 0 Å². The molecule has 1 aromatic carbocycles. The zero-order valence-electron chi connectivity index (χ0n) is 11.5. The average Bonchev–Trinajstić information content (AvgIpc) is 2.79. The molecular weight excluding hydrogens is 263 g/mol. The minimum Gasteiger partial charge on any atom is -0.494 e. The highest BCUT2D eigenvalue weighted by Gasteiger charge is 2.17. The summed E-state index contributed by atoms with van der Waals surface area (Å²) >= 11 is 1.63. The van der Waals surface area contributed by atoms with Crippen molar-refractivity contribution in [1.82, 2.24) is 10.3 Å². The Morgan fingerprint density at radius 3 is 2.74 bits per heavy atom. The molecule has 0 fully saturated rings. The lowest BCUT2D eigenvalue weighted by Crippen LogP contribution is -2.11. The SMILES string of the molecule is CNC(C)c1sc(C)nc1-c1ccc(OC)c(F)c1. The molecule has 5 heteroatoms. The van der Waals surface area contributed by atoms with Crippen LogP contribution in [0, 0.1) is 12.7 Å². The van der Waals surface area contributed by atoms with Crippen molar-refractivity contribution >= 4 is 11.3 Å². The molecule has 1 unspecified atom stereocenters. The van der Waals surface area contributed by atoms with Crippen LogP contribution >= 0.6 is 11.3 Å². The normalized spacial score (nSPS) is 12.5. The second-order valence-electron chi connectivity index (χ2n) is 4.31. The van der Waals surface area contributed by atoms with Crippen molar-refractivity contribution in [2.45, 2.75) is 19.9 Å². The highest BCUT2D eigenvalue weighted by Crippen LogP contribution is 2.34. The van der Waals surface area contributed by atoms with Gasteiger partial charge in [-0.25, -0.2) is 9.37 Å². The summed E-state index contributed by atoms with van der Waals surface area (Å²) < 4.78 is 18.7. The molecule has 0 saturated heterocycles. The number of benzene rings is 1. The topological polar surface area (TPSA) is 34.2 Å². The standard InChI is InChI=1S/C14H17FN2OS/c1-8(16-3)14-13(17-9(2)19-14)10-5-6-12(18-4)11(15)7-10/h5-8,16H,1-4H3. The Morgan fingerprint density at radius 1 is 1.42 bits per heavy atom. The quantitative estimate of drug-likeness (QED) is 0.930.